The minimum absolute atomic E-state index is 0.0709. The summed E-state index contributed by atoms with van der Waals surface area (Å²) in [5, 5.41) is 27.4. The zero-order chi connectivity index (χ0) is 25.7. The Hall–Kier alpha value is -3.04. The van der Waals surface area contributed by atoms with Crippen LogP contribution in [0.15, 0.2) is 39.5 Å². The van der Waals surface area contributed by atoms with E-state index in [1.807, 2.05) is 4.72 Å². The van der Waals surface area contributed by atoms with Gasteiger partial charge in [-0.1, -0.05) is 11.6 Å². The van der Waals surface area contributed by atoms with E-state index in [1.54, 1.807) is 12.1 Å². The molecule has 2 aliphatic rings. The van der Waals surface area contributed by atoms with Gasteiger partial charge in [0, 0.05) is 38.4 Å². The Kier molecular flexibility index (Phi) is 8.21. The average molecular weight is 541 g/mol. The molecule has 1 aromatic carbocycles. The zero-order valence-corrected chi connectivity index (χ0v) is 20.7. The second-order valence-corrected chi connectivity index (χ2v) is 10.1. The number of aromatic nitrogens is 1. The van der Waals surface area contributed by atoms with E-state index in [1.165, 1.54) is 0 Å². The van der Waals surface area contributed by atoms with E-state index in [2.05, 4.69) is 25.0 Å². The number of benzene rings is 1. The highest BCUT2D eigenvalue weighted by molar-refractivity contribution is 7.89. The maximum absolute atomic E-state index is 12.2. The lowest BCUT2D eigenvalue weighted by atomic mass is 10.1. The summed E-state index contributed by atoms with van der Waals surface area (Å²) < 4.78 is 37.2. The van der Waals surface area contributed by atoms with Gasteiger partial charge in [0.15, 0.2) is 5.82 Å². The molecule has 1 aromatic heterocycles. The monoisotopic (exact) mass is 540 g/mol. The van der Waals surface area contributed by atoms with Crippen molar-refractivity contribution in [3.05, 3.63) is 29.4 Å². The van der Waals surface area contributed by atoms with E-state index in [-0.39, 0.29) is 27.2 Å². The minimum atomic E-state index is -4.12. The van der Waals surface area contributed by atoms with Crippen molar-refractivity contribution in [3.63, 3.8) is 0 Å². The van der Waals surface area contributed by atoms with Crippen LogP contribution in [-0.2, 0) is 24.3 Å². The first-order chi connectivity index (χ1) is 17.2. The Morgan fingerprint density at radius 3 is 2.17 bits per heavy atom. The van der Waals surface area contributed by atoms with Crippen LogP contribution in [0.4, 0.5) is 22.9 Å². The molecule has 2 aromatic rings. The lowest BCUT2D eigenvalue weighted by molar-refractivity contribution is -0.135. The second kappa shape index (κ2) is 11.3. The number of hydrogen-bond donors (Lipinski definition) is 3. The van der Waals surface area contributed by atoms with Gasteiger partial charge in [-0.3, -0.25) is 4.79 Å². The number of phenols is 1. The third-order valence-electron chi connectivity index (χ3n) is 5.55. The van der Waals surface area contributed by atoms with Gasteiger partial charge >= 0.3 is 5.97 Å². The Labute approximate surface area is 212 Å². The minimum Gasteiger partial charge on any atom is -0.506 e. The Balaban J connectivity index is 1.61. The van der Waals surface area contributed by atoms with Gasteiger partial charge in [0.05, 0.1) is 42.8 Å². The molecule has 13 nitrogen and oxygen atoms in total. The van der Waals surface area contributed by atoms with Gasteiger partial charge in [0.25, 0.3) is 0 Å². The molecule has 0 unspecified atom stereocenters. The van der Waals surface area contributed by atoms with Crippen LogP contribution in [0, 0.1) is 0 Å². The molecule has 0 aliphatic carbocycles. The van der Waals surface area contributed by atoms with Gasteiger partial charge in [0.2, 0.25) is 10.0 Å². The molecular formula is C21H25ClN6O7S. The summed E-state index contributed by atoms with van der Waals surface area (Å²) in [5.41, 5.74) is 1.92. The van der Waals surface area contributed by atoms with Crippen LogP contribution in [-0.4, -0.2) is 88.7 Å². The quantitative estimate of drug-likeness (QED) is 0.421. The Bertz CT molecular complexity index is 1250. The number of hydrogen-bond acceptors (Lipinski definition) is 11. The summed E-state index contributed by atoms with van der Waals surface area (Å²) in [4.78, 5) is 18.6. The number of halogens is 1. The largest absolute Gasteiger partial charge is 0.506 e. The van der Waals surface area contributed by atoms with E-state index in [0.29, 0.717) is 52.6 Å². The first-order valence-corrected chi connectivity index (χ1v) is 12.9. The number of aromatic hydroxyl groups is 1. The zero-order valence-electron chi connectivity index (χ0n) is 19.1. The highest BCUT2D eigenvalue weighted by Crippen LogP contribution is 2.41. The number of morpholine rings is 2. The van der Waals surface area contributed by atoms with Crippen LogP contribution in [0.25, 0.3) is 0 Å². The number of azo groups is 1. The molecule has 36 heavy (non-hydrogen) atoms. The number of anilines is 2. The number of carboxylic acids is 1. The number of pyridine rings is 1. The summed E-state index contributed by atoms with van der Waals surface area (Å²) in [5.74, 6) is -1.50. The number of rotatable bonds is 8. The van der Waals surface area contributed by atoms with Crippen LogP contribution in [0.5, 0.6) is 5.75 Å². The number of ether oxygens (including phenoxy) is 2. The number of sulfonamides is 1. The van der Waals surface area contributed by atoms with Crippen molar-refractivity contribution in [2.75, 3.05) is 69.0 Å². The summed E-state index contributed by atoms with van der Waals surface area (Å²) in [7, 11) is -4.12. The average Bonchev–Trinajstić information content (AvgIpc) is 2.88. The predicted octanol–water partition coefficient (Wildman–Crippen LogP) is 1.89. The number of carboxylic acid groups (broad SMARTS) is 1. The summed E-state index contributed by atoms with van der Waals surface area (Å²) in [6, 6.07) is 4.47. The van der Waals surface area contributed by atoms with Crippen molar-refractivity contribution >= 4 is 50.5 Å². The maximum Gasteiger partial charge on any atom is 0.318 e. The molecule has 0 bridgehead atoms. The smallest absolute Gasteiger partial charge is 0.318 e. The molecule has 0 spiro atoms. The molecule has 0 atom stereocenters. The number of phenolic OH excluding ortho intramolecular Hbond substituents is 1. The molecule has 0 saturated carbocycles. The van der Waals surface area contributed by atoms with E-state index in [9.17, 15) is 18.3 Å². The lowest BCUT2D eigenvalue weighted by Crippen LogP contribution is -2.40. The van der Waals surface area contributed by atoms with Gasteiger partial charge in [-0.05, 0) is 12.1 Å². The van der Waals surface area contributed by atoms with Crippen LogP contribution in [0.2, 0.25) is 5.02 Å². The third kappa shape index (κ3) is 6.20. The predicted molar refractivity (Wildman–Crippen MR) is 130 cm³/mol. The van der Waals surface area contributed by atoms with Crippen LogP contribution in [0.3, 0.4) is 0 Å². The van der Waals surface area contributed by atoms with Crippen molar-refractivity contribution in [2.24, 2.45) is 10.2 Å². The molecular weight excluding hydrogens is 516 g/mol. The lowest BCUT2D eigenvalue weighted by Gasteiger charge is -2.36. The number of nitrogens with one attached hydrogen (secondary N) is 1. The standard InChI is InChI=1S/C21H25ClN6O7S/c22-15-9-14(36(32,33)24-13-20(30)31)12-23-21(15)26-25-16-10-17(27-1-5-34-6-2-27)18(11-19(16)29)28-3-7-35-8-4-28/h9-12,24,29H,1-8,13H2,(H,30,31). The fraction of sp³-hybridized carbons (Fsp3) is 0.429. The molecule has 194 valence electrons. The van der Waals surface area contributed by atoms with Gasteiger partial charge in [-0.25, -0.2) is 13.4 Å². The SMILES string of the molecule is O=C(O)CNS(=O)(=O)c1cnc(N=Nc2cc(N3CCOCC3)c(N3CCOCC3)cc2O)c(Cl)c1. The van der Waals surface area contributed by atoms with Gasteiger partial charge in [0.1, 0.15) is 22.9 Å². The van der Waals surface area contributed by atoms with Crippen molar-refractivity contribution in [1.29, 1.82) is 0 Å². The summed E-state index contributed by atoms with van der Waals surface area (Å²) >= 11 is 6.16. The van der Waals surface area contributed by atoms with Crippen LogP contribution in [0.1, 0.15) is 0 Å². The normalized spacial score (nSPS) is 17.0. The third-order valence-corrected chi connectivity index (χ3v) is 7.19. The molecule has 4 rings (SSSR count). The molecule has 0 amide bonds. The fourth-order valence-electron chi connectivity index (χ4n) is 3.72. The number of aliphatic carboxylic acids is 1. The van der Waals surface area contributed by atoms with Crippen molar-refractivity contribution in [1.82, 2.24) is 9.71 Å². The Morgan fingerprint density at radius 1 is 1.03 bits per heavy atom. The summed E-state index contributed by atoms with van der Waals surface area (Å²) in [6.45, 7) is 4.29. The molecule has 0 radical (unpaired) electrons. The van der Waals surface area contributed by atoms with Crippen LogP contribution >= 0.6 is 11.6 Å². The van der Waals surface area contributed by atoms with Gasteiger partial charge in [-0.15, -0.1) is 10.2 Å². The topological polar surface area (TPSA) is 166 Å². The molecule has 3 heterocycles. The molecule has 2 fully saturated rings. The second-order valence-electron chi connectivity index (χ2n) is 7.92. The van der Waals surface area contributed by atoms with Crippen LogP contribution < -0.4 is 14.5 Å². The number of nitrogens with zero attached hydrogens (tertiary/aromatic N) is 5. The molecule has 15 heteroatoms. The van der Waals surface area contributed by atoms with E-state index in [0.717, 1.165) is 23.6 Å². The van der Waals surface area contributed by atoms with Crippen molar-refractivity contribution in [3.8, 4) is 5.75 Å². The first-order valence-electron chi connectivity index (χ1n) is 11.1. The molecule has 3 N–H and O–H groups in total. The summed E-state index contributed by atoms with van der Waals surface area (Å²) in [6.07, 6.45) is 0.991. The fourth-order valence-corrected chi connectivity index (χ4v) is 4.94. The van der Waals surface area contributed by atoms with E-state index < -0.39 is 22.5 Å². The van der Waals surface area contributed by atoms with Gasteiger partial charge in [-0.2, -0.15) is 4.72 Å². The molecule has 2 aliphatic heterocycles. The Morgan fingerprint density at radius 2 is 1.61 bits per heavy atom. The highest BCUT2D eigenvalue weighted by Gasteiger charge is 2.23. The van der Waals surface area contributed by atoms with E-state index >= 15 is 0 Å². The number of carbonyl (C=O) groups is 1. The van der Waals surface area contributed by atoms with Crippen molar-refractivity contribution in [2.45, 2.75) is 4.90 Å². The van der Waals surface area contributed by atoms with Gasteiger partial charge < -0.3 is 29.5 Å². The highest BCUT2D eigenvalue weighted by atomic mass is 35.5. The van der Waals surface area contributed by atoms with Crippen molar-refractivity contribution < 1.29 is 32.9 Å². The maximum atomic E-state index is 12.2. The molecule has 2 saturated heterocycles. The first kappa shape index (κ1) is 26.0. The van der Waals surface area contributed by atoms with E-state index in [4.69, 9.17) is 26.2 Å².